The summed E-state index contributed by atoms with van der Waals surface area (Å²) in [6.45, 7) is 12.4. The molecule has 17 heavy (non-hydrogen) atoms. The molecule has 3 heteroatoms. The van der Waals surface area contributed by atoms with Gasteiger partial charge in [-0.25, -0.2) is 5.84 Å². The molecule has 1 rings (SSSR count). The number of rotatable bonds is 1. The van der Waals surface area contributed by atoms with Crippen molar-refractivity contribution in [1.82, 2.24) is 5.43 Å². The summed E-state index contributed by atoms with van der Waals surface area (Å²) >= 11 is 0. The van der Waals surface area contributed by atoms with Crippen molar-refractivity contribution in [3.8, 4) is 0 Å². The van der Waals surface area contributed by atoms with Crippen molar-refractivity contribution in [2.75, 3.05) is 0 Å². The molecule has 0 atom stereocenters. The van der Waals surface area contributed by atoms with Gasteiger partial charge in [-0.2, -0.15) is 0 Å². The lowest BCUT2D eigenvalue weighted by Gasteiger charge is -2.19. The van der Waals surface area contributed by atoms with E-state index in [0.717, 1.165) is 11.4 Å². The van der Waals surface area contributed by atoms with E-state index in [1.54, 1.807) is 0 Å². The molecule has 1 aromatic rings. The van der Waals surface area contributed by atoms with Gasteiger partial charge in [-0.15, -0.1) is 0 Å². The minimum Gasteiger partial charge on any atom is -0.308 e. The third-order valence-corrected chi connectivity index (χ3v) is 2.50. The van der Waals surface area contributed by atoms with Crippen LogP contribution in [0.2, 0.25) is 0 Å². The zero-order valence-electron chi connectivity index (χ0n) is 11.7. The van der Waals surface area contributed by atoms with Crippen LogP contribution in [-0.2, 0) is 0 Å². The van der Waals surface area contributed by atoms with Gasteiger partial charge in [-0.1, -0.05) is 17.7 Å². The van der Waals surface area contributed by atoms with E-state index in [1.807, 2.05) is 0 Å². The fourth-order valence-corrected chi connectivity index (χ4v) is 2.05. The van der Waals surface area contributed by atoms with E-state index < -0.39 is 0 Å². The van der Waals surface area contributed by atoms with Gasteiger partial charge >= 0.3 is 0 Å². The molecular formula is C14H23N3. The average Bonchev–Trinajstić information content (AvgIpc) is 2.12. The zero-order chi connectivity index (χ0) is 13.2. The molecule has 0 unspecified atom stereocenters. The highest BCUT2D eigenvalue weighted by atomic mass is 15.3. The molecule has 3 nitrogen and oxygen atoms in total. The van der Waals surface area contributed by atoms with E-state index in [-0.39, 0.29) is 5.54 Å². The van der Waals surface area contributed by atoms with Crippen molar-refractivity contribution in [1.29, 1.82) is 0 Å². The first-order valence-corrected chi connectivity index (χ1v) is 5.89. The predicted molar refractivity (Wildman–Crippen MR) is 74.3 cm³/mol. The summed E-state index contributed by atoms with van der Waals surface area (Å²) in [5.74, 6) is 6.36. The number of aliphatic imine (C=N–C) groups is 1. The van der Waals surface area contributed by atoms with Crippen LogP contribution in [-0.4, -0.2) is 11.4 Å². The molecule has 0 aromatic heterocycles. The number of nitrogens with two attached hydrogens (primary N) is 1. The molecule has 0 aliphatic rings. The van der Waals surface area contributed by atoms with Crippen molar-refractivity contribution >= 4 is 5.84 Å². The molecule has 0 heterocycles. The lowest BCUT2D eigenvalue weighted by molar-refractivity contribution is 0.580. The Kier molecular flexibility index (Phi) is 3.94. The van der Waals surface area contributed by atoms with Crippen LogP contribution < -0.4 is 11.3 Å². The first-order chi connectivity index (χ1) is 7.74. The number of hydrogen-bond donors (Lipinski definition) is 2. The average molecular weight is 233 g/mol. The third kappa shape index (κ3) is 3.56. The standard InChI is InChI=1S/C14H23N3/c1-9-7-10(2)12(11(3)8-9)13(17-15)16-14(4,5)6/h7-8H,15H2,1-6H3,(H,16,17). The monoisotopic (exact) mass is 233 g/mol. The molecule has 0 aliphatic heterocycles. The summed E-state index contributed by atoms with van der Waals surface area (Å²) in [7, 11) is 0. The van der Waals surface area contributed by atoms with Crippen molar-refractivity contribution in [3.05, 3.63) is 34.4 Å². The molecule has 3 N–H and O–H groups in total. The van der Waals surface area contributed by atoms with Gasteiger partial charge in [-0.3, -0.25) is 4.99 Å². The Labute approximate surface area is 104 Å². The first-order valence-electron chi connectivity index (χ1n) is 5.89. The van der Waals surface area contributed by atoms with Crippen LogP contribution in [0.3, 0.4) is 0 Å². The second-order valence-electron chi connectivity index (χ2n) is 5.55. The summed E-state index contributed by atoms with van der Waals surface area (Å²) in [5.41, 5.74) is 7.34. The quantitative estimate of drug-likeness (QED) is 0.339. The molecule has 94 valence electrons. The number of nitrogens with zero attached hydrogens (tertiary/aromatic N) is 1. The zero-order valence-corrected chi connectivity index (χ0v) is 11.7. The van der Waals surface area contributed by atoms with E-state index >= 15 is 0 Å². The number of nitrogens with one attached hydrogen (secondary N) is 1. The number of hydrogen-bond acceptors (Lipinski definition) is 2. The highest BCUT2D eigenvalue weighted by Crippen LogP contribution is 2.18. The van der Waals surface area contributed by atoms with E-state index in [1.165, 1.54) is 16.7 Å². The van der Waals surface area contributed by atoms with Crippen LogP contribution in [0, 0.1) is 20.8 Å². The highest BCUT2D eigenvalue weighted by molar-refractivity contribution is 6.01. The second kappa shape index (κ2) is 4.88. The molecule has 0 amide bonds. The van der Waals surface area contributed by atoms with Crippen molar-refractivity contribution in [3.63, 3.8) is 0 Å². The molecule has 0 aliphatic carbocycles. The largest absolute Gasteiger partial charge is 0.308 e. The molecule has 0 bridgehead atoms. The lowest BCUT2D eigenvalue weighted by Crippen LogP contribution is -2.34. The number of amidine groups is 1. The van der Waals surface area contributed by atoms with Crippen molar-refractivity contribution in [2.24, 2.45) is 10.8 Å². The van der Waals surface area contributed by atoms with Gasteiger partial charge in [0, 0.05) is 5.56 Å². The fourth-order valence-electron chi connectivity index (χ4n) is 2.05. The number of hydrazine groups is 1. The summed E-state index contributed by atoms with van der Waals surface area (Å²) in [4.78, 5) is 4.63. The fraction of sp³-hybridized carbons (Fsp3) is 0.500. The summed E-state index contributed by atoms with van der Waals surface area (Å²) in [6.07, 6.45) is 0. The second-order valence-corrected chi connectivity index (χ2v) is 5.55. The molecule has 0 radical (unpaired) electrons. The van der Waals surface area contributed by atoms with E-state index in [4.69, 9.17) is 5.84 Å². The Bertz CT molecular complexity index is 416. The van der Waals surface area contributed by atoms with Gasteiger partial charge in [0.05, 0.1) is 5.54 Å². The van der Waals surface area contributed by atoms with E-state index in [2.05, 4.69) is 64.1 Å². The Balaban J connectivity index is 3.36. The predicted octanol–water partition coefficient (Wildman–Crippen LogP) is 2.62. The van der Waals surface area contributed by atoms with Crippen LogP contribution >= 0.6 is 0 Å². The Morgan fingerprint density at radius 1 is 1.12 bits per heavy atom. The Morgan fingerprint density at radius 2 is 1.59 bits per heavy atom. The molecular weight excluding hydrogens is 210 g/mol. The summed E-state index contributed by atoms with van der Waals surface area (Å²) in [5, 5.41) is 0. The van der Waals surface area contributed by atoms with Gasteiger partial charge in [-0.05, 0) is 52.7 Å². The Hall–Kier alpha value is -1.35. The smallest absolute Gasteiger partial charge is 0.143 e. The molecule has 0 saturated carbocycles. The van der Waals surface area contributed by atoms with Gasteiger partial charge in [0.2, 0.25) is 0 Å². The SMILES string of the molecule is Cc1cc(C)c(C(=NC(C)(C)C)NN)c(C)c1. The number of benzene rings is 1. The van der Waals surface area contributed by atoms with Crippen molar-refractivity contribution in [2.45, 2.75) is 47.1 Å². The van der Waals surface area contributed by atoms with Crippen LogP contribution in [0.5, 0.6) is 0 Å². The van der Waals surface area contributed by atoms with Crippen LogP contribution in [0.4, 0.5) is 0 Å². The molecule has 0 spiro atoms. The van der Waals surface area contributed by atoms with E-state index in [0.29, 0.717) is 0 Å². The van der Waals surface area contributed by atoms with Gasteiger partial charge in [0.1, 0.15) is 5.84 Å². The van der Waals surface area contributed by atoms with Crippen LogP contribution in [0.15, 0.2) is 17.1 Å². The Morgan fingerprint density at radius 3 is 1.94 bits per heavy atom. The van der Waals surface area contributed by atoms with Crippen molar-refractivity contribution < 1.29 is 0 Å². The summed E-state index contributed by atoms with van der Waals surface area (Å²) < 4.78 is 0. The normalized spacial score (nSPS) is 12.8. The minimum absolute atomic E-state index is 0.147. The van der Waals surface area contributed by atoms with Crippen LogP contribution in [0.25, 0.3) is 0 Å². The maximum atomic E-state index is 5.61. The topological polar surface area (TPSA) is 50.4 Å². The minimum atomic E-state index is -0.147. The maximum Gasteiger partial charge on any atom is 0.143 e. The number of aryl methyl sites for hydroxylation is 3. The summed E-state index contributed by atoms with van der Waals surface area (Å²) in [6, 6.07) is 4.30. The maximum absolute atomic E-state index is 5.61. The third-order valence-electron chi connectivity index (χ3n) is 2.50. The van der Waals surface area contributed by atoms with Gasteiger partial charge in [0.15, 0.2) is 0 Å². The van der Waals surface area contributed by atoms with E-state index in [9.17, 15) is 0 Å². The van der Waals surface area contributed by atoms with Gasteiger partial charge < -0.3 is 5.43 Å². The van der Waals surface area contributed by atoms with Gasteiger partial charge in [0.25, 0.3) is 0 Å². The van der Waals surface area contributed by atoms with Crippen LogP contribution in [0.1, 0.15) is 43.0 Å². The molecule has 0 saturated heterocycles. The molecule has 1 aromatic carbocycles. The lowest BCUT2D eigenvalue weighted by atomic mass is 9.98. The first kappa shape index (κ1) is 13.7. The highest BCUT2D eigenvalue weighted by Gasteiger charge is 2.14. The molecule has 0 fully saturated rings.